The van der Waals surface area contributed by atoms with E-state index in [0.29, 0.717) is 40.1 Å². The highest BCUT2D eigenvalue weighted by Gasteiger charge is 2.21. The molecule has 8 nitrogen and oxygen atoms in total. The molecule has 184 valence electrons. The summed E-state index contributed by atoms with van der Waals surface area (Å²) in [5.74, 6) is -1.72. The number of rotatable bonds is 10. The highest BCUT2D eigenvalue weighted by molar-refractivity contribution is 6.08. The van der Waals surface area contributed by atoms with Gasteiger partial charge in [-0.3, -0.25) is 20.0 Å². The average molecular weight is 485 g/mol. The minimum atomic E-state index is -1.21. The Morgan fingerprint density at radius 3 is 2.31 bits per heavy atom. The maximum Gasteiger partial charge on any atom is 0.336 e. The molecule has 36 heavy (non-hydrogen) atoms. The second-order valence-electron chi connectivity index (χ2n) is 8.73. The zero-order chi connectivity index (χ0) is 26.4. The van der Waals surface area contributed by atoms with Crippen LogP contribution in [0, 0.1) is 11.3 Å². The quantitative estimate of drug-likeness (QED) is 0.193. The van der Waals surface area contributed by atoms with Crippen LogP contribution in [0.2, 0.25) is 0 Å². The number of carboxylic acids is 1. The molecule has 0 aliphatic heterocycles. The third-order valence-corrected chi connectivity index (χ3v) is 5.53. The van der Waals surface area contributed by atoms with E-state index in [1.165, 1.54) is 12.3 Å². The minimum absolute atomic E-state index is 0.0378. The molecule has 0 aliphatic carbocycles. The number of nitrogen functional groups attached to an aromatic ring is 1. The van der Waals surface area contributed by atoms with Gasteiger partial charge >= 0.3 is 5.97 Å². The Bertz CT molecular complexity index is 1340. The van der Waals surface area contributed by atoms with Gasteiger partial charge in [0.15, 0.2) is 5.78 Å². The molecule has 8 heteroatoms. The van der Waals surface area contributed by atoms with Crippen LogP contribution in [-0.4, -0.2) is 40.1 Å². The number of hydrogen-bond acceptors (Lipinski definition) is 5. The monoisotopic (exact) mass is 484 g/mol. The smallest absolute Gasteiger partial charge is 0.336 e. The van der Waals surface area contributed by atoms with E-state index in [-0.39, 0.29) is 41.0 Å². The first kappa shape index (κ1) is 26.0. The van der Waals surface area contributed by atoms with Crippen LogP contribution >= 0.6 is 0 Å². The molecule has 1 heterocycles. The molecule has 0 spiro atoms. The largest absolute Gasteiger partial charge is 0.478 e. The van der Waals surface area contributed by atoms with E-state index in [4.69, 9.17) is 11.1 Å². The summed E-state index contributed by atoms with van der Waals surface area (Å²) in [4.78, 5) is 42.2. The van der Waals surface area contributed by atoms with Crippen molar-refractivity contribution in [1.29, 1.82) is 5.41 Å². The molecule has 0 fully saturated rings. The molecule has 3 rings (SSSR count). The fourth-order valence-corrected chi connectivity index (χ4v) is 3.60. The van der Waals surface area contributed by atoms with Gasteiger partial charge in [-0.1, -0.05) is 44.7 Å². The zero-order valence-electron chi connectivity index (χ0n) is 20.2. The van der Waals surface area contributed by atoms with Gasteiger partial charge < -0.3 is 16.2 Å². The molecule has 5 N–H and O–H groups in total. The van der Waals surface area contributed by atoms with Crippen molar-refractivity contribution >= 4 is 29.6 Å². The van der Waals surface area contributed by atoms with E-state index >= 15 is 0 Å². The first-order chi connectivity index (χ1) is 17.1. The third kappa shape index (κ3) is 6.09. The first-order valence-electron chi connectivity index (χ1n) is 11.4. The molecule has 2 aromatic carbocycles. The molecule has 0 aliphatic rings. The van der Waals surface area contributed by atoms with Crippen LogP contribution in [0.3, 0.4) is 0 Å². The molecule has 0 radical (unpaired) electrons. The van der Waals surface area contributed by atoms with Gasteiger partial charge in [-0.05, 0) is 52.9 Å². The second-order valence-corrected chi connectivity index (χ2v) is 8.73. The fraction of sp³-hybridized carbons (Fsp3) is 0.179. The number of nitrogens with two attached hydrogens (primary N) is 1. The predicted molar refractivity (Wildman–Crippen MR) is 139 cm³/mol. The van der Waals surface area contributed by atoms with Crippen LogP contribution in [0.1, 0.15) is 61.7 Å². The van der Waals surface area contributed by atoms with Crippen molar-refractivity contribution < 1.29 is 19.5 Å². The topological polar surface area (TPSA) is 146 Å². The maximum absolute atomic E-state index is 13.3. The lowest BCUT2D eigenvalue weighted by Gasteiger charge is -2.14. The standard InChI is InChI=1S/C28H28N4O4/c1-4-17-5-9-21(23(11-17)25(33)13-20-8-6-19(15-31-20)26(29)30)22-10-7-18(12-24(22)28(35)36)27(34)32-14-16(2)3/h4-12,15-16H,1,13-14H2,2-3H3,(H3,29,30)(H,32,34)(H,35,36). The van der Waals surface area contributed by atoms with Gasteiger partial charge in [0.25, 0.3) is 5.91 Å². The van der Waals surface area contributed by atoms with E-state index in [2.05, 4.69) is 16.9 Å². The summed E-state index contributed by atoms with van der Waals surface area (Å²) in [6, 6.07) is 12.7. The number of carbonyl (C=O) groups excluding carboxylic acids is 2. The summed E-state index contributed by atoms with van der Waals surface area (Å²) in [5, 5.41) is 20.2. The lowest BCUT2D eigenvalue weighted by molar-refractivity contribution is 0.0697. The number of nitrogens with zero attached hydrogens (tertiary/aromatic N) is 1. The summed E-state index contributed by atoms with van der Waals surface area (Å²) >= 11 is 0. The fourth-order valence-electron chi connectivity index (χ4n) is 3.60. The summed E-state index contributed by atoms with van der Waals surface area (Å²) in [6.07, 6.45) is 2.99. The number of aromatic carboxylic acids is 1. The highest BCUT2D eigenvalue weighted by Crippen LogP contribution is 2.30. The van der Waals surface area contributed by atoms with Crippen molar-refractivity contribution in [1.82, 2.24) is 10.3 Å². The number of ketones is 1. The highest BCUT2D eigenvalue weighted by atomic mass is 16.4. The van der Waals surface area contributed by atoms with Crippen molar-refractivity contribution in [2.75, 3.05) is 6.54 Å². The lowest BCUT2D eigenvalue weighted by Crippen LogP contribution is -2.27. The molecular weight excluding hydrogens is 456 g/mol. The Kier molecular flexibility index (Phi) is 8.11. The number of amides is 1. The molecule has 0 saturated heterocycles. The number of Topliss-reactive ketones (excluding diaryl/α,β-unsaturated/α-hetero) is 1. The van der Waals surface area contributed by atoms with Crippen LogP contribution in [0.25, 0.3) is 17.2 Å². The van der Waals surface area contributed by atoms with E-state index in [1.54, 1.807) is 48.5 Å². The van der Waals surface area contributed by atoms with Gasteiger partial charge in [0.05, 0.1) is 12.0 Å². The third-order valence-electron chi connectivity index (χ3n) is 5.53. The number of nitrogens with one attached hydrogen (secondary N) is 2. The molecular formula is C28H28N4O4. The summed E-state index contributed by atoms with van der Waals surface area (Å²) in [5.41, 5.74) is 8.29. The Morgan fingerprint density at radius 2 is 1.72 bits per heavy atom. The predicted octanol–water partition coefficient (Wildman–Crippen LogP) is 4.19. The molecule has 3 aromatic rings. The normalized spacial score (nSPS) is 10.6. The molecule has 0 atom stereocenters. The number of hydrogen-bond donors (Lipinski definition) is 4. The van der Waals surface area contributed by atoms with Gasteiger partial charge in [0.2, 0.25) is 0 Å². The van der Waals surface area contributed by atoms with Gasteiger partial charge in [-0.25, -0.2) is 4.79 Å². The Hall–Kier alpha value is -4.59. The Labute approximate surface area is 209 Å². The molecule has 1 amide bonds. The van der Waals surface area contributed by atoms with E-state index in [1.807, 2.05) is 13.8 Å². The molecule has 1 aromatic heterocycles. The van der Waals surface area contributed by atoms with Crippen LogP contribution < -0.4 is 11.1 Å². The SMILES string of the molecule is C=Cc1ccc(-c2ccc(C(=O)NCC(C)C)cc2C(=O)O)c(C(=O)Cc2ccc(C(=N)N)cn2)c1. The van der Waals surface area contributed by atoms with Gasteiger partial charge in [0, 0.05) is 35.1 Å². The Morgan fingerprint density at radius 1 is 1.06 bits per heavy atom. The first-order valence-corrected chi connectivity index (χ1v) is 11.4. The number of benzene rings is 2. The summed E-state index contributed by atoms with van der Waals surface area (Å²) < 4.78 is 0. The number of carbonyl (C=O) groups is 3. The number of pyridine rings is 1. The Balaban J connectivity index is 2.03. The van der Waals surface area contributed by atoms with Crippen molar-refractivity contribution in [3.63, 3.8) is 0 Å². The van der Waals surface area contributed by atoms with Crippen molar-refractivity contribution in [3.8, 4) is 11.1 Å². The maximum atomic E-state index is 13.3. The van der Waals surface area contributed by atoms with Crippen LogP contribution in [-0.2, 0) is 6.42 Å². The van der Waals surface area contributed by atoms with Gasteiger partial charge in [-0.2, -0.15) is 0 Å². The lowest BCUT2D eigenvalue weighted by atomic mass is 9.90. The van der Waals surface area contributed by atoms with Crippen molar-refractivity contribution in [2.24, 2.45) is 11.7 Å². The van der Waals surface area contributed by atoms with Gasteiger partial charge in [0.1, 0.15) is 5.84 Å². The van der Waals surface area contributed by atoms with Crippen LogP contribution in [0.4, 0.5) is 0 Å². The number of carboxylic acid groups (broad SMARTS) is 1. The zero-order valence-corrected chi connectivity index (χ0v) is 20.2. The molecule has 0 unspecified atom stereocenters. The summed E-state index contributed by atoms with van der Waals surface area (Å²) in [7, 11) is 0. The molecule has 0 saturated carbocycles. The van der Waals surface area contributed by atoms with Gasteiger partial charge in [-0.15, -0.1) is 0 Å². The minimum Gasteiger partial charge on any atom is -0.478 e. The average Bonchev–Trinajstić information content (AvgIpc) is 2.86. The van der Waals surface area contributed by atoms with E-state index in [9.17, 15) is 19.5 Å². The van der Waals surface area contributed by atoms with E-state index < -0.39 is 5.97 Å². The molecule has 0 bridgehead atoms. The van der Waals surface area contributed by atoms with Crippen molar-refractivity contribution in [2.45, 2.75) is 20.3 Å². The van der Waals surface area contributed by atoms with Crippen molar-refractivity contribution in [3.05, 3.63) is 94.8 Å². The summed E-state index contributed by atoms with van der Waals surface area (Å²) in [6.45, 7) is 8.15. The second kappa shape index (κ2) is 11.2. The number of amidine groups is 1. The number of aromatic nitrogens is 1. The van der Waals surface area contributed by atoms with Crippen LogP contribution in [0.15, 0.2) is 61.3 Å². The van der Waals surface area contributed by atoms with Crippen LogP contribution in [0.5, 0.6) is 0 Å². The van der Waals surface area contributed by atoms with E-state index in [0.717, 1.165) is 0 Å².